The molecule has 2 aromatic heterocycles. The maximum atomic E-state index is 12.9. The second-order valence-corrected chi connectivity index (χ2v) is 6.27. The third-order valence-electron chi connectivity index (χ3n) is 4.24. The molecule has 3 heterocycles. The van der Waals surface area contributed by atoms with Crippen molar-refractivity contribution in [2.24, 2.45) is 0 Å². The Bertz CT molecular complexity index is 810. The molecule has 1 N–H and O–H groups in total. The fourth-order valence-corrected chi connectivity index (χ4v) is 2.88. The monoisotopic (exact) mass is 378 g/mol. The summed E-state index contributed by atoms with van der Waals surface area (Å²) in [5.41, 5.74) is -0.174. The Balaban J connectivity index is 1.80. The number of alkyl halides is 3. The smallest absolute Gasteiger partial charge is 0.352 e. The topological polar surface area (TPSA) is 75.2 Å². The zero-order valence-corrected chi connectivity index (χ0v) is 14.2. The number of hydrogen-bond acceptors (Lipinski definition) is 4. The molecule has 0 aromatic carbocycles. The van der Waals surface area contributed by atoms with Crippen LogP contribution in [0.15, 0.2) is 42.9 Å². The third kappa shape index (κ3) is 4.81. The van der Waals surface area contributed by atoms with Crippen LogP contribution in [-0.2, 0) is 17.5 Å². The third-order valence-corrected chi connectivity index (χ3v) is 4.24. The van der Waals surface area contributed by atoms with Crippen molar-refractivity contribution in [3.05, 3.63) is 59.7 Å². The van der Waals surface area contributed by atoms with Crippen LogP contribution in [0.5, 0.6) is 0 Å². The van der Waals surface area contributed by atoms with E-state index in [2.05, 4.69) is 15.3 Å². The molecule has 2 aromatic rings. The van der Waals surface area contributed by atoms with Crippen LogP contribution in [0.3, 0.4) is 0 Å². The first kappa shape index (κ1) is 18.8. The molecule has 0 bridgehead atoms. The molecular weight excluding hydrogens is 361 g/mol. The van der Waals surface area contributed by atoms with E-state index in [1.54, 1.807) is 24.5 Å². The Labute approximate surface area is 153 Å². The summed E-state index contributed by atoms with van der Waals surface area (Å²) in [6, 6.07) is 5.21. The first-order valence-corrected chi connectivity index (χ1v) is 8.34. The van der Waals surface area contributed by atoms with Crippen molar-refractivity contribution in [1.29, 1.82) is 0 Å². The van der Waals surface area contributed by atoms with Gasteiger partial charge in [-0.2, -0.15) is 13.2 Å². The van der Waals surface area contributed by atoms with Crippen LogP contribution in [0.1, 0.15) is 34.5 Å². The highest BCUT2D eigenvalue weighted by atomic mass is 19.4. The van der Waals surface area contributed by atoms with E-state index >= 15 is 0 Å². The average molecular weight is 378 g/mol. The molecule has 3 rings (SSSR count). The molecule has 9 heteroatoms. The number of carbonyl (C=O) groups excluding carboxylic acids is 2. The predicted octanol–water partition coefficient (Wildman–Crippen LogP) is 2.42. The van der Waals surface area contributed by atoms with E-state index in [1.165, 1.54) is 4.90 Å². The highest BCUT2D eigenvalue weighted by Gasteiger charge is 2.33. The number of carbonyl (C=O) groups is 2. The fraction of sp³-hybridized carbons (Fsp3) is 0.333. The summed E-state index contributed by atoms with van der Waals surface area (Å²) in [7, 11) is 0. The van der Waals surface area contributed by atoms with Gasteiger partial charge in [0.15, 0.2) is 0 Å². The van der Waals surface area contributed by atoms with Gasteiger partial charge in [-0.15, -0.1) is 0 Å². The number of halogens is 3. The lowest BCUT2D eigenvalue weighted by atomic mass is 10.1. The maximum absolute atomic E-state index is 12.9. The van der Waals surface area contributed by atoms with Crippen molar-refractivity contribution in [2.75, 3.05) is 6.54 Å². The summed E-state index contributed by atoms with van der Waals surface area (Å²) in [6.45, 7) is 0.503. The van der Waals surface area contributed by atoms with Gasteiger partial charge in [0.05, 0.1) is 5.56 Å². The number of rotatable bonds is 5. The van der Waals surface area contributed by atoms with Crippen molar-refractivity contribution in [3.63, 3.8) is 0 Å². The molecule has 2 amide bonds. The number of nitrogens with zero attached hydrogens (tertiary/aromatic N) is 3. The minimum atomic E-state index is -4.56. The number of aromatic nitrogens is 2. The fourth-order valence-electron chi connectivity index (χ4n) is 2.88. The lowest BCUT2D eigenvalue weighted by molar-refractivity contribution is -0.141. The summed E-state index contributed by atoms with van der Waals surface area (Å²) < 4.78 is 38.0. The SMILES string of the molecule is O=C1CC[C@@H](CN(Cc2ccncc2)C(=O)c2ccc(C(F)(F)F)nc2)N1. The Morgan fingerprint density at radius 3 is 2.52 bits per heavy atom. The summed E-state index contributed by atoms with van der Waals surface area (Å²) in [5, 5.41) is 2.80. The second kappa shape index (κ2) is 7.73. The van der Waals surface area contributed by atoms with Gasteiger partial charge in [0, 0.05) is 44.1 Å². The largest absolute Gasteiger partial charge is 0.433 e. The standard InChI is InChI=1S/C18H17F3N4O2/c19-18(20,21)15-3-1-13(9-23-15)17(27)25(10-12-5-7-22-8-6-12)11-14-2-4-16(26)24-14/h1,3,5-9,14H,2,4,10-11H2,(H,24,26)/t14-/m0/s1. The molecule has 1 aliphatic heterocycles. The molecule has 1 atom stereocenters. The highest BCUT2D eigenvalue weighted by molar-refractivity contribution is 5.94. The van der Waals surface area contributed by atoms with E-state index in [-0.39, 0.29) is 30.6 Å². The van der Waals surface area contributed by atoms with Crippen molar-refractivity contribution >= 4 is 11.8 Å². The van der Waals surface area contributed by atoms with Gasteiger partial charge in [-0.3, -0.25) is 19.6 Å². The van der Waals surface area contributed by atoms with Crippen LogP contribution in [0, 0.1) is 0 Å². The minimum absolute atomic E-state index is 0.0568. The Morgan fingerprint density at radius 2 is 1.96 bits per heavy atom. The summed E-state index contributed by atoms with van der Waals surface area (Å²) in [4.78, 5) is 33.1. The van der Waals surface area contributed by atoms with Gasteiger partial charge in [-0.1, -0.05) is 0 Å². The molecule has 0 unspecified atom stereocenters. The van der Waals surface area contributed by atoms with Gasteiger partial charge in [0.2, 0.25) is 5.91 Å². The second-order valence-electron chi connectivity index (χ2n) is 6.27. The summed E-state index contributed by atoms with van der Waals surface area (Å²) in [6.07, 6.45) is 0.544. The lowest BCUT2D eigenvalue weighted by Crippen LogP contribution is -2.41. The van der Waals surface area contributed by atoms with E-state index in [9.17, 15) is 22.8 Å². The van der Waals surface area contributed by atoms with Crippen LogP contribution < -0.4 is 5.32 Å². The molecule has 1 saturated heterocycles. The van der Waals surface area contributed by atoms with Crippen LogP contribution in [0.2, 0.25) is 0 Å². The van der Waals surface area contributed by atoms with Crippen LogP contribution in [0.4, 0.5) is 13.2 Å². The Kier molecular flexibility index (Phi) is 5.38. The van der Waals surface area contributed by atoms with Crippen molar-refractivity contribution < 1.29 is 22.8 Å². The van der Waals surface area contributed by atoms with Gasteiger partial charge in [-0.05, 0) is 36.2 Å². The van der Waals surface area contributed by atoms with E-state index in [4.69, 9.17) is 0 Å². The van der Waals surface area contributed by atoms with Crippen molar-refractivity contribution in [1.82, 2.24) is 20.2 Å². The molecule has 1 fully saturated rings. The van der Waals surface area contributed by atoms with Gasteiger partial charge >= 0.3 is 6.18 Å². The zero-order valence-electron chi connectivity index (χ0n) is 14.2. The minimum Gasteiger partial charge on any atom is -0.352 e. The molecule has 6 nitrogen and oxygen atoms in total. The van der Waals surface area contributed by atoms with Crippen LogP contribution in [0.25, 0.3) is 0 Å². The predicted molar refractivity (Wildman–Crippen MR) is 89.4 cm³/mol. The van der Waals surface area contributed by atoms with Gasteiger partial charge in [0.25, 0.3) is 5.91 Å². The first-order valence-electron chi connectivity index (χ1n) is 8.34. The zero-order chi connectivity index (χ0) is 19.4. The summed E-state index contributed by atoms with van der Waals surface area (Å²) >= 11 is 0. The Hall–Kier alpha value is -2.97. The highest BCUT2D eigenvalue weighted by Crippen LogP contribution is 2.27. The van der Waals surface area contributed by atoms with E-state index in [0.29, 0.717) is 12.8 Å². The number of amides is 2. The quantitative estimate of drug-likeness (QED) is 0.867. The molecule has 0 saturated carbocycles. The lowest BCUT2D eigenvalue weighted by Gasteiger charge is -2.26. The molecule has 142 valence electrons. The van der Waals surface area contributed by atoms with E-state index in [1.807, 2.05) is 0 Å². The normalized spacial score (nSPS) is 16.9. The number of hydrogen-bond donors (Lipinski definition) is 1. The van der Waals surface area contributed by atoms with Crippen LogP contribution in [-0.4, -0.2) is 39.3 Å². The number of nitrogens with one attached hydrogen (secondary N) is 1. The average Bonchev–Trinajstić information content (AvgIpc) is 3.06. The van der Waals surface area contributed by atoms with Gasteiger partial charge in [0.1, 0.15) is 5.69 Å². The first-order chi connectivity index (χ1) is 12.8. The van der Waals surface area contributed by atoms with Crippen molar-refractivity contribution in [2.45, 2.75) is 31.6 Å². The molecule has 1 aliphatic rings. The van der Waals surface area contributed by atoms with Crippen LogP contribution >= 0.6 is 0 Å². The molecule has 27 heavy (non-hydrogen) atoms. The number of pyridine rings is 2. The van der Waals surface area contributed by atoms with E-state index < -0.39 is 17.8 Å². The van der Waals surface area contributed by atoms with E-state index in [0.717, 1.165) is 23.9 Å². The summed E-state index contributed by atoms with van der Waals surface area (Å²) in [5.74, 6) is -0.526. The maximum Gasteiger partial charge on any atom is 0.433 e. The molecule has 0 spiro atoms. The molecule has 0 aliphatic carbocycles. The molecule has 0 radical (unpaired) electrons. The molecular formula is C18H17F3N4O2. The van der Waals surface area contributed by atoms with Gasteiger partial charge < -0.3 is 10.2 Å². The van der Waals surface area contributed by atoms with Crippen molar-refractivity contribution in [3.8, 4) is 0 Å². The van der Waals surface area contributed by atoms with Gasteiger partial charge in [-0.25, -0.2) is 0 Å². The Morgan fingerprint density at radius 1 is 1.22 bits per heavy atom.